The fourth-order valence-electron chi connectivity index (χ4n) is 3.50. The summed E-state index contributed by atoms with van der Waals surface area (Å²) < 4.78 is 0. The van der Waals surface area contributed by atoms with Crippen LogP contribution in [0.1, 0.15) is 17.3 Å². The molecule has 1 fully saturated rings. The van der Waals surface area contributed by atoms with Crippen molar-refractivity contribution in [3.05, 3.63) is 66.2 Å². The van der Waals surface area contributed by atoms with E-state index in [0.717, 1.165) is 0 Å². The maximum Gasteiger partial charge on any atom is 0.226 e. The topological polar surface area (TPSA) is 46.2 Å². The smallest absolute Gasteiger partial charge is 0.226 e. The van der Waals surface area contributed by atoms with Gasteiger partial charge >= 0.3 is 0 Å². The van der Waals surface area contributed by atoms with E-state index < -0.39 is 14.1 Å². The molecule has 0 aliphatic carbocycles. The van der Waals surface area contributed by atoms with Crippen LogP contribution in [-0.4, -0.2) is 25.8 Å². The quantitative estimate of drug-likeness (QED) is 0.518. The number of ketones is 1. The van der Waals surface area contributed by atoms with Crippen LogP contribution >= 0.6 is 0 Å². The van der Waals surface area contributed by atoms with Gasteiger partial charge in [-0.3, -0.25) is 9.59 Å². The van der Waals surface area contributed by atoms with Gasteiger partial charge in [0, 0.05) is 5.56 Å². The van der Waals surface area contributed by atoms with Crippen molar-refractivity contribution < 1.29 is 9.59 Å². The molecular weight excluding hydrogens is 314 g/mol. The summed E-state index contributed by atoms with van der Waals surface area (Å²) in [4.78, 5) is 25.0. The average molecular weight is 337 g/mol. The first-order valence-electron chi connectivity index (χ1n) is 8.38. The summed E-state index contributed by atoms with van der Waals surface area (Å²) in [6, 6.07) is 19.2. The number of benzene rings is 2. The summed E-state index contributed by atoms with van der Waals surface area (Å²) >= 11 is 0. The minimum Gasteiger partial charge on any atom is -0.345 e. The SMILES string of the molecule is C[C@@H]([C@H]1C(=O)N[C@H]1C(=O)c1ccccc1)[Si](C)(C)c1ccccc1. The molecule has 3 nitrogen and oxygen atoms in total. The van der Waals surface area contributed by atoms with Gasteiger partial charge in [-0.15, -0.1) is 0 Å². The molecule has 1 aliphatic rings. The molecule has 0 saturated carbocycles. The van der Waals surface area contributed by atoms with E-state index in [2.05, 4.69) is 37.5 Å². The normalized spacial score (nSPS) is 21.5. The molecular formula is C20H23NO2Si. The van der Waals surface area contributed by atoms with Gasteiger partial charge in [0.05, 0.1) is 14.0 Å². The fourth-order valence-corrected chi connectivity index (χ4v) is 6.32. The van der Waals surface area contributed by atoms with Crippen LogP contribution in [0.25, 0.3) is 0 Å². The van der Waals surface area contributed by atoms with Gasteiger partial charge < -0.3 is 5.32 Å². The van der Waals surface area contributed by atoms with E-state index in [1.807, 2.05) is 48.5 Å². The molecule has 1 amide bonds. The molecule has 0 bridgehead atoms. The van der Waals surface area contributed by atoms with Crippen molar-refractivity contribution in [3.63, 3.8) is 0 Å². The molecule has 0 radical (unpaired) electrons. The number of β-lactam (4-membered cyclic amide) rings is 1. The second kappa shape index (κ2) is 6.36. The van der Waals surface area contributed by atoms with Gasteiger partial charge in [0.15, 0.2) is 5.78 Å². The van der Waals surface area contributed by atoms with Crippen LogP contribution in [0.5, 0.6) is 0 Å². The second-order valence-corrected chi connectivity index (χ2v) is 12.1. The Kier molecular flexibility index (Phi) is 4.41. The molecule has 0 spiro atoms. The van der Waals surface area contributed by atoms with Gasteiger partial charge in [-0.25, -0.2) is 0 Å². The zero-order valence-corrected chi connectivity index (χ0v) is 15.3. The molecule has 124 valence electrons. The molecule has 24 heavy (non-hydrogen) atoms. The Bertz CT molecular complexity index is 743. The Morgan fingerprint density at radius 2 is 1.54 bits per heavy atom. The standard InChI is InChI=1S/C20H23NO2Si/c1-14(24(2,3)16-12-8-5-9-13-16)17-18(21-20(17)23)19(22)15-10-6-4-7-11-15/h4-14,17-18H,1-3H3,(H,21,23)/t14-,17+,18+/m0/s1. The highest BCUT2D eigenvalue weighted by molar-refractivity contribution is 6.91. The third-order valence-electron chi connectivity index (χ3n) is 5.50. The minimum absolute atomic E-state index is 0.00767. The predicted octanol–water partition coefficient (Wildman–Crippen LogP) is 2.99. The largest absolute Gasteiger partial charge is 0.345 e. The van der Waals surface area contributed by atoms with Crippen molar-refractivity contribution in [3.8, 4) is 0 Å². The Morgan fingerprint density at radius 3 is 2.08 bits per heavy atom. The molecule has 1 N–H and O–H groups in total. The first-order chi connectivity index (χ1) is 11.4. The van der Waals surface area contributed by atoms with Gasteiger partial charge in [0.2, 0.25) is 5.91 Å². The Balaban J connectivity index is 1.84. The Morgan fingerprint density at radius 1 is 1.00 bits per heavy atom. The first kappa shape index (κ1) is 16.6. The van der Waals surface area contributed by atoms with Crippen molar-refractivity contribution in [2.24, 2.45) is 5.92 Å². The lowest BCUT2D eigenvalue weighted by atomic mass is 9.82. The van der Waals surface area contributed by atoms with Gasteiger partial charge in [0.1, 0.15) is 6.04 Å². The summed E-state index contributed by atoms with van der Waals surface area (Å²) in [5.41, 5.74) is 0.852. The van der Waals surface area contributed by atoms with Crippen LogP contribution in [-0.2, 0) is 4.79 Å². The molecule has 1 saturated heterocycles. The highest BCUT2D eigenvalue weighted by atomic mass is 28.3. The van der Waals surface area contributed by atoms with Crippen molar-refractivity contribution in [1.29, 1.82) is 0 Å². The summed E-state index contributed by atoms with van der Waals surface area (Å²) in [7, 11) is -1.86. The van der Waals surface area contributed by atoms with Crippen molar-refractivity contribution in [1.82, 2.24) is 5.32 Å². The fraction of sp³-hybridized carbons (Fsp3) is 0.300. The summed E-state index contributed by atoms with van der Waals surface area (Å²) in [6.07, 6.45) is 0. The van der Waals surface area contributed by atoms with Gasteiger partial charge in [0.25, 0.3) is 0 Å². The van der Waals surface area contributed by atoms with Crippen molar-refractivity contribution in [2.75, 3.05) is 0 Å². The lowest BCUT2D eigenvalue weighted by molar-refractivity contribution is -0.133. The Hall–Kier alpha value is -2.20. The number of carbonyl (C=O) groups is 2. The van der Waals surface area contributed by atoms with E-state index in [-0.39, 0.29) is 23.1 Å². The zero-order valence-electron chi connectivity index (χ0n) is 14.3. The van der Waals surface area contributed by atoms with Gasteiger partial charge in [-0.1, -0.05) is 85.9 Å². The van der Waals surface area contributed by atoms with Crippen LogP contribution in [0.4, 0.5) is 0 Å². The van der Waals surface area contributed by atoms with E-state index in [9.17, 15) is 9.59 Å². The van der Waals surface area contributed by atoms with E-state index in [1.54, 1.807) is 0 Å². The van der Waals surface area contributed by atoms with E-state index in [4.69, 9.17) is 0 Å². The summed E-state index contributed by atoms with van der Waals surface area (Å²) in [5, 5.41) is 4.15. The molecule has 0 unspecified atom stereocenters. The van der Waals surface area contributed by atoms with Crippen molar-refractivity contribution in [2.45, 2.75) is 31.6 Å². The number of nitrogens with one attached hydrogen (secondary N) is 1. The molecule has 0 aromatic heterocycles. The second-order valence-electron chi connectivity index (χ2n) is 7.12. The van der Waals surface area contributed by atoms with Gasteiger partial charge in [-0.2, -0.15) is 0 Å². The number of hydrogen-bond donors (Lipinski definition) is 1. The molecule has 1 aliphatic heterocycles. The summed E-state index contributed by atoms with van der Waals surface area (Å²) in [6.45, 7) is 6.69. The lowest BCUT2D eigenvalue weighted by Crippen LogP contribution is -2.66. The Labute approximate surface area is 144 Å². The lowest BCUT2D eigenvalue weighted by Gasteiger charge is -2.44. The molecule has 3 atom stereocenters. The van der Waals surface area contributed by atoms with E-state index >= 15 is 0 Å². The highest BCUT2D eigenvalue weighted by Crippen LogP contribution is 2.37. The number of Topliss-reactive ketones (excluding diaryl/α,β-unsaturated/α-hetero) is 1. The monoisotopic (exact) mass is 337 g/mol. The number of rotatable bonds is 5. The maximum absolute atomic E-state index is 12.8. The summed E-state index contributed by atoms with van der Waals surface area (Å²) in [5.74, 6) is -0.210. The highest BCUT2D eigenvalue weighted by Gasteiger charge is 2.51. The first-order valence-corrected chi connectivity index (χ1v) is 11.5. The molecule has 1 heterocycles. The number of hydrogen-bond acceptors (Lipinski definition) is 2. The number of carbonyl (C=O) groups excluding carboxylic acids is 2. The van der Waals surface area contributed by atoms with E-state index in [0.29, 0.717) is 5.56 Å². The van der Waals surface area contributed by atoms with Crippen molar-refractivity contribution >= 4 is 25.0 Å². The van der Waals surface area contributed by atoms with Crippen LogP contribution in [0.15, 0.2) is 60.7 Å². The maximum atomic E-state index is 12.8. The zero-order chi connectivity index (χ0) is 17.3. The molecule has 3 rings (SSSR count). The van der Waals surface area contributed by atoms with E-state index in [1.165, 1.54) is 5.19 Å². The third kappa shape index (κ3) is 2.82. The average Bonchev–Trinajstić information content (AvgIpc) is 2.60. The molecule has 4 heteroatoms. The van der Waals surface area contributed by atoms with Gasteiger partial charge in [-0.05, 0) is 5.54 Å². The van der Waals surface area contributed by atoms with Crippen LogP contribution < -0.4 is 10.5 Å². The van der Waals surface area contributed by atoms with Crippen LogP contribution in [0, 0.1) is 5.92 Å². The predicted molar refractivity (Wildman–Crippen MR) is 99.2 cm³/mol. The third-order valence-corrected chi connectivity index (χ3v) is 9.95. The molecule has 2 aromatic carbocycles. The minimum atomic E-state index is -1.86. The molecule has 2 aromatic rings. The van der Waals surface area contributed by atoms with Crippen LogP contribution in [0.2, 0.25) is 18.6 Å². The van der Waals surface area contributed by atoms with Crippen LogP contribution in [0.3, 0.4) is 0 Å². The number of amides is 1.